The largest absolute Gasteiger partial charge is 0.373 e. The van der Waals surface area contributed by atoms with Crippen LogP contribution in [0.3, 0.4) is 0 Å². The minimum atomic E-state index is 0.0772. The molecule has 0 aromatic carbocycles. The molecule has 2 aliphatic rings. The summed E-state index contributed by atoms with van der Waals surface area (Å²) in [6.45, 7) is 7.05. The van der Waals surface area contributed by atoms with Crippen molar-refractivity contribution in [2.45, 2.75) is 51.1 Å². The molecule has 0 N–H and O–H groups in total. The lowest BCUT2D eigenvalue weighted by atomic mass is 10.1. The minimum absolute atomic E-state index is 0.0772. The molecule has 0 saturated carbocycles. The van der Waals surface area contributed by atoms with Crippen molar-refractivity contribution >= 4 is 0 Å². The third kappa shape index (κ3) is 2.56. The fraction of sp³-hybridized carbons (Fsp3) is 1.00. The van der Waals surface area contributed by atoms with Crippen molar-refractivity contribution in [3.8, 4) is 0 Å². The first kappa shape index (κ1) is 12.3. The highest BCUT2D eigenvalue weighted by Gasteiger charge is 2.48. The smallest absolute Gasteiger partial charge is 0.115 e. The van der Waals surface area contributed by atoms with E-state index in [0.717, 1.165) is 26.1 Å². The fourth-order valence-corrected chi connectivity index (χ4v) is 2.25. The van der Waals surface area contributed by atoms with E-state index in [-0.39, 0.29) is 24.4 Å². The summed E-state index contributed by atoms with van der Waals surface area (Å²) in [5, 5.41) is 0. The summed E-state index contributed by atoms with van der Waals surface area (Å²) >= 11 is 0. The molecule has 0 aromatic rings. The third-order valence-corrected chi connectivity index (χ3v) is 3.03. The summed E-state index contributed by atoms with van der Waals surface area (Å²) in [5.41, 5.74) is 0. The topological polar surface area (TPSA) is 36.9 Å². The van der Waals surface area contributed by atoms with Crippen LogP contribution in [0.4, 0.5) is 0 Å². The van der Waals surface area contributed by atoms with E-state index in [2.05, 4.69) is 13.8 Å². The van der Waals surface area contributed by atoms with Crippen molar-refractivity contribution in [1.82, 2.24) is 0 Å². The van der Waals surface area contributed by atoms with E-state index in [1.807, 2.05) is 0 Å². The summed E-state index contributed by atoms with van der Waals surface area (Å²) in [7, 11) is 0. The molecule has 2 rings (SSSR count). The van der Waals surface area contributed by atoms with Crippen molar-refractivity contribution in [2.75, 3.05) is 26.4 Å². The van der Waals surface area contributed by atoms with Gasteiger partial charge in [-0.3, -0.25) is 0 Å². The molecule has 0 aliphatic carbocycles. The zero-order valence-electron chi connectivity index (χ0n) is 10.2. The van der Waals surface area contributed by atoms with Crippen LogP contribution in [0.5, 0.6) is 0 Å². The average Bonchev–Trinajstić information content (AvgIpc) is 2.86. The van der Waals surface area contributed by atoms with Crippen LogP contribution >= 0.6 is 0 Å². The Labute approximate surface area is 97.2 Å². The first-order valence-electron chi connectivity index (χ1n) is 6.33. The van der Waals surface area contributed by atoms with Gasteiger partial charge >= 0.3 is 0 Å². The van der Waals surface area contributed by atoms with Crippen LogP contribution in [0.25, 0.3) is 0 Å². The van der Waals surface area contributed by atoms with Crippen LogP contribution in [-0.4, -0.2) is 50.8 Å². The van der Waals surface area contributed by atoms with Crippen LogP contribution in [0, 0.1) is 0 Å². The molecule has 2 saturated heterocycles. The van der Waals surface area contributed by atoms with Crippen molar-refractivity contribution < 1.29 is 18.9 Å². The monoisotopic (exact) mass is 230 g/mol. The third-order valence-electron chi connectivity index (χ3n) is 3.03. The quantitative estimate of drug-likeness (QED) is 0.690. The Hall–Kier alpha value is -0.160. The van der Waals surface area contributed by atoms with Gasteiger partial charge in [-0.1, -0.05) is 13.8 Å². The molecule has 0 spiro atoms. The van der Waals surface area contributed by atoms with Crippen LogP contribution in [-0.2, 0) is 18.9 Å². The minimum Gasteiger partial charge on any atom is -0.373 e. The van der Waals surface area contributed by atoms with Gasteiger partial charge in [-0.2, -0.15) is 0 Å². The van der Waals surface area contributed by atoms with E-state index in [1.54, 1.807) is 0 Å². The van der Waals surface area contributed by atoms with Crippen molar-refractivity contribution in [3.05, 3.63) is 0 Å². The van der Waals surface area contributed by atoms with Gasteiger partial charge in [-0.05, 0) is 12.8 Å². The molecule has 4 unspecified atom stereocenters. The van der Waals surface area contributed by atoms with Gasteiger partial charge in [0, 0.05) is 13.2 Å². The number of rotatable bonds is 6. The number of fused-ring (bicyclic) bond motifs is 1. The number of ether oxygens (including phenoxy) is 4. The first-order valence-corrected chi connectivity index (χ1v) is 6.33. The molecule has 0 radical (unpaired) electrons. The molecule has 2 fully saturated rings. The lowest BCUT2D eigenvalue weighted by Crippen LogP contribution is -2.34. The molecule has 0 aromatic heterocycles. The summed E-state index contributed by atoms with van der Waals surface area (Å²) < 4.78 is 22.9. The van der Waals surface area contributed by atoms with E-state index in [9.17, 15) is 0 Å². The summed E-state index contributed by atoms with van der Waals surface area (Å²) in [6.07, 6.45) is 2.41. The molecule has 16 heavy (non-hydrogen) atoms. The SMILES string of the molecule is CCCOC1COC2C(OCCC)COC12. The van der Waals surface area contributed by atoms with Gasteiger partial charge in [0.05, 0.1) is 13.2 Å². The highest BCUT2D eigenvalue weighted by molar-refractivity contribution is 4.95. The van der Waals surface area contributed by atoms with Crippen molar-refractivity contribution in [2.24, 2.45) is 0 Å². The number of hydrogen-bond acceptors (Lipinski definition) is 4. The van der Waals surface area contributed by atoms with Crippen LogP contribution in [0.15, 0.2) is 0 Å². The Kier molecular flexibility index (Phi) is 4.58. The van der Waals surface area contributed by atoms with E-state index in [1.165, 1.54) is 0 Å². The zero-order chi connectivity index (χ0) is 11.4. The highest BCUT2D eigenvalue weighted by Crippen LogP contribution is 2.30. The standard InChI is InChI=1S/C12H22O4/c1-3-5-13-9-7-15-12-10(14-6-4-2)8-16-11(9)12/h9-12H,3-8H2,1-2H3. The van der Waals surface area contributed by atoms with Crippen molar-refractivity contribution in [1.29, 1.82) is 0 Å². The second kappa shape index (κ2) is 5.96. The van der Waals surface area contributed by atoms with E-state index >= 15 is 0 Å². The number of hydrogen-bond donors (Lipinski definition) is 0. The molecular formula is C12H22O4. The molecule has 0 bridgehead atoms. The normalized spacial score (nSPS) is 37.9. The average molecular weight is 230 g/mol. The van der Waals surface area contributed by atoms with Gasteiger partial charge < -0.3 is 18.9 Å². The van der Waals surface area contributed by atoms with Crippen LogP contribution < -0.4 is 0 Å². The molecule has 4 atom stereocenters. The Morgan fingerprint density at radius 1 is 0.875 bits per heavy atom. The Bertz CT molecular complexity index is 187. The van der Waals surface area contributed by atoms with E-state index in [4.69, 9.17) is 18.9 Å². The Morgan fingerprint density at radius 2 is 1.31 bits per heavy atom. The zero-order valence-corrected chi connectivity index (χ0v) is 10.2. The maximum Gasteiger partial charge on any atom is 0.115 e. The van der Waals surface area contributed by atoms with Gasteiger partial charge in [0.1, 0.15) is 24.4 Å². The molecule has 94 valence electrons. The Balaban J connectivity index is 1.80. The summed E-state index contributed by atoms with van der Waals surface area (Å²) in [6, 6.07) is 0. The summed E-state index contributed by atoms with van der Waals surface area (Å²) in [5.74, 6) is 0. The van der Waals surface area contributed by atoms with E-state index in [0.29, 0.717) is 13.2 Å². The molecule has 4 nitrogen and oxygen atoms in total. The van der Waals surface area contributed by atoms with E-state index < -0.39 is 0 Å². The van der Waals surface area contributed by atoms with Crippen LogP contribution in [0.1, 0.15) is 26.7 Å². The molecular weight excluding hydrogens is 208 g/mol. The molecule has 2 aliphatic heterocycles. The lowest BCUT2D eigenvalue weighted by Gasteiger charge is -2.17. The Morgan fingerprint density at radius 3 is 1.69 bits per heavy atom. The van der Waals surface area contributed by atoms with Crippen molar-refractivity contribution in [3.63, 3.8) is 0 Å². The van der Waals surface area contributed by atoms with Gasteiger partial charge in [-0.15, -0.1) is 0 Å². The van der Waals surface area contributed by atoms with Gasteiger partial charge in [0.15, 0.2) is 0 Å². The fourth-order valence-electron chi connectivity index (χ4n) is 2.25. The maximum atomic E-state index is 5.72. The lowest BCUT2D eigenvalue weighted by molar-refractivity contribution is -0.0499. The van der Waals surface area contributed by atoms with Gasteiger partial charge in [0.25, 0.3) is 0 Å². The van der Waals surface area contributed by atoms with Gasteiger partial charge in [0.2, 0.25) is 0 Å². The molecule has 2 heterocycles. The highest BCUT2D eigenvalue weighted by atomic mass is 16.6. The second-order valence-electron chi connectivity index (χ2n) is 4.41. The summed E-state index contributed by atoms with van der Waals surface area (Å²) in [4.78, 5) is 0. The molecule has 4 heteroatoms. The van der Waals surface area contributed by atoms with Gasteiger partial charge in [-0.25, -0.2) is 0 Å². The maximum absolute atomic E-state index is 5.72. The predicted octanol–water partition coefficient (Wildman–Crippen LogP) is 1.37. The molecule has 0 amide bonds. The second-order valence-corrected chi connectivity index (χ2v) is 4.41. The van der Waals surface area contributed by atoms with Crippen LogP contribution in [0.2, 0.25) is 0 Å². The predicted molar refractivity (Wildman–Crippen MR) is 59.5 cm³/mol. The first-order chi connectivity index (χ1) is 7.86.